The first-order valence-corrected chi connectivity index (χ1v) is 12.9. The van der Waals surface area contributed by atoms with E-state index in [9.17, 15) is 18.0 Å². The fourth-order valence-corrected chi connectivity index (χ4v) is 5.36. The summed E-state index contributed by atoms with van der Waals surface area (Å²) in [5, 5.41) is 2.75. The molecule has 4 rings (SSSR count). The number of hydrogen-bond acceptors (Lipinski definition) is 6. The van der Waals surface area contributed by atoms with E-state index in [4.69, 9.17) is 4.74 Å². The average molecular weight is 497 g/mol. The minimum Gasteiger partial charge on any atom is -0.484 e. The van der Waals surface area contributed by atoms with Gasteiger partial charge >= 0.3 is 0 Å². The van der Waals surface area contributed by atoms with Gasteiger partial charge in [0.15, 0.2) is 6.61 Å². The summed E-state index contributed by atoms with van der Waals surface area (Å²) in [5.41, 5.74) is 1.53. The summed E-state index contributed by atoms with van der Waals surface area (Å²) in [6, 6.07) is 14.5. The number of benzene rings is 2. The highest BCUT2D eigenvalue weighted by Crippen LogP contribution is 2.25. The molecule has 1 aliphatic heterocycles. The number of H-pyrrole nitrogens is 1. The summed E-state index contributed by atoms with van der Waals surface area (Å²) in [6.07, 6.45) is 1.72. The number of aromatic amines is 1. The molecule has 10 heteroatoms. The number of sulfonamides is 1. The Hall–Kier alpha value is -3.50. The van der Waals surface area contributed by atoms with Crippen LogP contribution < -0.4 is 15.6 Å². The van der Waals surface area contributed by atoms with E-state index in [1.165, 1.54) is 22.5 Å². The van der Waals surface area contributed by atoms with Crippen LogP contribution in [0.4, 0.5) is 5.69 Å². The molecule has 0 aliphatic carbocycles. The van der Waals surface area contributed by atoms with Crippen molar-refractivity contribution in [2.75, 3.05) is 25.0 Å². The Morgan fingerprint density at radius 3 is 2.54 bits per heavy atom. The zero-order valence-electron chi connectivity index (χ0n) is 19.7. The Kier molecular flexibility index (Phi) is 7.32. The van der Waals surface area contributed by atoms with Crippen LogP contribution in [-0.4, -0.2) is 48.3 Å². The number of piperidine rings is 1. The van der Waals surface area contributed by atoms with E-state index >= 15 is 0 Å². The first-order valence-electron chi connectivity index (χ1n) is 11.4. The van der Waals surface area contributed by atoms with Gasteiger partial charge in [0, 0.05) is 36.1 Å². The van der Waals surface area contributed by atoms with Crippen LogP contribution in [-0.2, 0) is 14.8 Å². The average Bonchev–Trinajstić information content (AvgIpc) is 2.83. The number of carbonyl (C=O) groups is 1. The Labute approximate surface area is 204 Å². The van der Waals surface area contributed by atoms with Crippen LogP contribution in [0.25, 0.3) is 11.4 Å². The molecule has 1 amide bonds. The maximum atomic E-state index is 12.8. The van der Waals surface area contributed by atoms with Crippen molar-refractivity contribution in [3.8, 4) is 17.1 Å². The number of rotatable bonds is 7. The standard InChI is InChI=1S/C25H28N4O5S/c1-17-10-12-29(13-11-17)35(32,33)22-8-6-21(7-9-22)34-16-24(31)27-20-5-3-4-19(15-20)25-26-18(2)14-23(30)28-25/h3-9,14-15,17H,10-13,16H2,1-2H3,(H,27,31)(H,26,28,30). The molecule has 2 heterocycles. The topological polar surface area (TPSA) is 121 Å². The van der Waals surface area contributed by atoms with Gasteiger partial charge in [-0.05, 0) is 62.1 Å². The Morgan fingerprint density at radius 1 is 1.14 bits per heavy atom. The van der Waals surface area contributed by atoms with E-state index in [0.717, 1.165) is 12.8 Å². The Balaban J connectivity index is 1.35. The van der Waals surface area contributed by atoms with Crippen LogP contribution in [0.1, 0.15) is 25.5 Å². The molecule has 3 aromatic rings. The number of aryl methyl sites for hydroxylation is 1. The molecule has 184 valence electrons. The van der Waals surface area contributed by atoms with Gasteiger partial charge in [-0.15, -0.1) is 0 Å². The lowest BCUT2D eigenvalue weighted by Crippen LogP contribution is -2.37. The van der Waals surface area contributed by atoms with E-state index < -0.39 is 10.0 Å². The largest absolute Gasteiger partial charge is 0.484 e. The van der Waals surface area contributed by atoms with Crippen molar-refractivity contribution in [1.82, 2.24) is 14.3 Å². The zero-order valence-corrected chi connectivity index (χ0v) is 20.5. The first kappa shape index (κ1) is 24.6. The van der Waals surface area contributed by atoms with Gasteiger partial charge in [0.2, 0.25) is 10.0 Å². The van der Waals surface area contributed by atoms with Gasteiger partial charge in [0.25, 0.3) is 11.5 Å². The molecule has 0 atom stereocenters. The number of carbonyl (C=O) groups excluding carboxylic acids is 1. The summed E-state index contributed by atoms with van der Waals surface area (Å²) < 4.78 is 32.7. The van der Waals surface area contributed by atoms with Crippen LogP contribution in [0, 0.1) is 12.8 Å². The van der Waals surface area contributed by atoms with Crippen LogP contribution in [0.2, 0.25) is 0 Å². The third-order valence-corrected chi connectivity index (χ3v) is 7.78. The molecular formula is C25H28N4O5S. The summed E-state index contributed by atoms with van der Waals surface area (Å²) in [5.74, 6) is 0.958. The van der Waals surface area contributed by atoms with Crippen LogP contribution in [0.5, 0.6) is 5.75 Å². The van der Waals surface area contributed by atoms with Crippen LogP contribution in [0.3, 0.4) is 0 Å². The summed E-state index contributed by atoms with van der Waals surface area (Å²) in [6.45, 7) is 4.67. The summed E-state index contributed by atoms with van der Waals surface area (Å²) in [7, 11) is -3.54. The molecule has 0 saturated carbocycles. The van der Waals surface area contributed by atoms with Crippen molar-refractivity contribution in [1.29, 1.82) is 0 Å². The molecule has 1 fully saturated rings. The van der Waals surface area contributed by atoms with Gasteiger partial charge < -0.3 is 15.0 Å². The summed E-state index contributed by atoms with van der Waals surface area (Å²) >= 11 is 0. The molecule has 0 unspecified atom stereocenters. The lowest BCUT2D eigenvalue weighted by Gasteiger charge is -2.29. The van der Waals surface area contributed by atoms with Crippen LogP contribution >= 0.6 is 0 Å². The number of aromatic nitrogens is 2. The highest BCUT2D eigenvalue weighted by Gasteiger charge is 2.27. The number of nitrogens with zero attached hydrogens (tertiary/aromatic N) is 2. The predicted molar refractivity (Wildman–Crippen MR) is 133 cm³/mol. The van der Waals surface area contributed by atoms with Gasteiger partial charge in [0.05, 0.1) is 4.90 Å². The number of hydrogen-bond donors (Lipinski definition) is 2. The third kappa shape index (κ3) is 6.14. The molecular weight excluding hydrogens is 468 g/mol. The van der Waals surface area contributed by atoms with Gasteiger partial charge in [0.1, 0.15) is 11.6 Å². The lowest BCUT2D eigenvalue weighted by molar-refractivity contribution is -0.118. The first-order chi connectivity index (χ1) is 16.7. The van der Waals surface area contributed by atoms with Crippen molar-refractivity contribution < 1.29 is 17.9 Å². The fourth-order valence-electron chi connectivity index (χ4n) is 3.89. The second-order valence-electron chi connectivity index (χ2n) is 8.71. The molecule has 1 aromatic heterocycles. The van der Waals surface area contributed by atoms with Crippen molar-refractivity contribution in [3.05, 3.63) is 70.6 Å². The molecule has 1 aliphatic rings. The minimum absolute atomic E-state index is 0.212. The quantitative estimate of drug-likeness (QED) is 0.518. The fraction of sp³-hybridized carbons (Fsp3) is 0.320. The van der Waals surface area contributed by atoms with E-state index in [1.54, 1.807) is 43.3 Å². The lowest BCUT2D eigenvalue weighted by atomic mass is 10.0. The number of nitrogens with one attached hydrogen (secondary N) is 2. The number of ether oxygens (including phenoxy) is 1. The molecule has 2 N–H and O–H groups in total. The Morgan fingerprint density at radius 2 is 1.86 bits per heavy atom. The van der Waals surface area contributed by atoms with Crippen molar-refractivity contribution in [3.63, 3.8) is 0 Å². The molecule has 0 radical (unpaired) electrons. The smallest absolute Gasteiger partial charge is 0.262 e. The highest BCUT2D eigenvalue weighted by atomic mass is 32.2. The minimum atomic E-state index is -3.54. The van der Waals surface area contributed by atoms with Crippen molar-refractivity contribution in [2.24, 2.45) is 5.92 Å². The third-order valence-electron chi connectivity index (χ3n) is 5.86. The maximum Gasteiger partial charge on any atom is 0.262 e. The molecule has 2 aromatic carbocycles. The molecule has 9 nitrogen and oxygen atoms in total. The van der Waals surface area contributed by atoms with Gasteiger partial charge in [-0.3, -0.25) is 9.59 Å². The van der Waals surface area contributed by atoms with E-state index in [2.05, 4.69) is 22.2 Å². The highest BCUT2D eigenvalue weighted by molar-refractivity contribution is 7.89. The summed E-state index contributed by atoms with van der Waals surface area (Å²) in [4.78, 5) is 31.3. The molecule has 35 heavy (non-hydrogen) atoms. The van der Waals surface area contributed by atoms with E-state index in [0.29, 0.717) is 47.5 Å². The second kappa shape index (κ2) is 10.4. The number of anilines is 1. The zero-order chi connectivity index (χ0) is 25.0. The normalized spacial score (nSPS) is 15.0. The maximum absolute atomic E-state index is 12.8. The molecule has 1 saturated heterocycles. The Bertz CT molecular complexity index is 1360. The SMILES string of the molecule is Cc1cc(=O)[nH]c(-c2cccc(NC(=O)COc3ccc(S(=O)(=O)N4CCC(C)CC4)cc3)c2)n1. The monoisotopic (exact) mass is 496 g/mol. The van der Waals surface area contributed by atoms with Gasteiger partial charge in [-0.2, -0.15) is 4.31 Å². The van der Waals surface area contributed by atoms with Crippen LogP contribution in [0.15, 0.2) is 64.3 Å². The van der Waals surface area contributed by atoms with E-state index in [-0.39, 0.29) is 23.0 Å². The molecule has 0 bridgehead atoms. The van der Waals surface area contributed by atoms with Crippen molar-refractivity contribution >= 4 is 21.6 Å². The van der Waals surface area contributed by atoms with Crippen molar-refractivity contribution in [2.45, 2.75) is 31.6 Å². The second-order valence-corrected chi connectivity index (χ2v) is 10.6. The van der Waals surface area contributed by atoms with Gasteiger partial charge in [-0.1, -0.05) is 19.1 Å². The number of amides is 1. The van der Waals surface area contributed by atoms with Gasteiger partial charge in [-0.25, -0.2) is 13.4 Å². The predicted octanol–water partition coefficient (Wildman–Crippen LogP) is 3.18. The van der Waals surface area contributed by atoms with E-state index in [1.807, 2.05) is 0 Å². The molecule has 0 spiro atoms.